The summed E-state index contributed by atoms with van der Waals surface area (Å²) in [6.07, 6.45) is 1.22. The zero-order valence-electron chi connectivity index (χ0n) is 15.0. The molecule has 2 aromatic carbocycles. The number of nitrogen functional groups attached to an aromatic ring is 1. The maximum atomic E-state index is 12.9. The zero-order chi connectivity index (χ0) is 21.0. The first-order chi connectivity index (χ1) is 13.9. The van der Waals surface area contributed by atoms with Gasteiger partial charge in [-0.25, -0.2) is 9.97 Å². The van der Waals surface area contributed by atoms with Crippen LogP contribution >= 0.6 is 11.8 Å². The molecule has 0 atom stereocenters. The van der Waals surface area contributed by atoms with Gasteiger partial charge in [-0.2, -0.15) is 0 Å². The van der Waals surface area contributed by atoms with Crippen molar-refractivity contribution in [2.75, 3.05) is 18.2 Å². The highest BCUT2D eigenvalue weighted by molar-refractivity contribution is 7.99. The van der Waals surface area contributed by atoms with Crippen molar-refractivity contribution < 1.29 is 19.6 Å². The van der Waals surface area contributed by atoms with Gasteiger partial charge in [0.1, 0.15) is 34.2 Å². The standard InChI is InChI=1S/C18H15N5O5S/c1-28-14-7-4-11(24)8-13(14)22-17(25)15-16(19)20-9-21-18(15)29-12-5-2-10(3-6-12)23(26)27/h2-9,24H,1H3,(H,22,25)(H2,19,20,21). The third-order valence-corrected chi connectivity index (χ3v) is 4.77. The Morgan fingerprint density at radius 1 is 1.24 bits per heavy atom. The van der Waals surface area contributed by atoms with E-state index in [1.807, 2.05) is 0 Å². The number of nitro benzene ring substituents is 1. The van der Waals surface area contributed by atoms with Gasteiger partial charge < -0.3 is 20.9 Å². The number of phenols is 1. The van der Waals surface area contributed by atoms with Crippen molar-refractivity contribution in [3.63, 3.8) is 0 Å². The zero-order valence-corrected chi connectivity index (χ0v) is 15.8. The summed E-state index contributed by atoms with van der Waals surface area (Å²) >= 11 is 1.11. The number of nitrogens with zero attached hydrogens (tertiary/aromatic N) is 3. The normalized spacial score (nSPS) is 10.4. The predicted molar refractivity (Wildman–Crippen MR) is 106 cm³/mol. The van der Waals surface area contributed by atoms with Crippen LogP contribution in [0.1, 0.15) is 10.4 Å². The smallest absolute Gasteiger partial charge is 0.269 e. The van der Waals surface area contributed by atoms with E-state index in [4.69, 9.17) is 10.5 Å². The highest BCUT2D eigenvalue weighted by Crippen LogP contribution is 2.33. The number of aromatic nitrogens is 2. The average Bonchev–Trinajstić information content (AvgIpc) is 2.68. The Kier molecular flexibility index (Phi) is 5.79. The highest BCUT2D eigenvalue weighted by atomic mass is 32.2. The molecule has 0 saturated heterocycles. The summed E-state index contributed by atoms with van der Waals surface area (Å²) in [5.41, 5.74) is 6.12. The maximum absolute atomic E-state index is 12.9. The van der Waals surface area contributed by atoms with Gasteiger partial charge in [0.05, 0.1) is 17.7 Å². The summed E-state index contributed by atoms with van der Waals surface area (Å²) in [6, 6.07) is 10.0. The van der Waals surface area contributed by atoms with E-state index < -0.39 is 10.8 Å². The van der Waals surface area contributed by atoms with E-state index in [0.717, 1.165) is 11.8 Å². The van der Waals surface area contributed by atoms with Crippen LogP contribution in [-0.2, 0) is 0 Å². The molecule has 1 amide bonds. The molecule has 0 saturated carbocycles. The van der Waals surface area contributed by atoms with E-state index in [0.29, 0.717) is 10.6 Å². The lowest BCUT2D eigenvalue weighted by Gasteiger charge is -2.13. The topological polar surface area (TPSA) is 154 Å². The van der Waals surface area contributed by atoms with Crippen LogP contribution in [-0.4, -0.2) is 33.0 Å². The number of nitrogens with one attached hydrogen (secondary N) is 1. The number of carbonyl (C=O) groups is 1. The summed E-state index contributed by atoms with van der Waals surface area (Å²) in [5.74, 6) is -0.354. The summed E-state index contributed by atoms with van der Waals surface area (Å²) in [7, 11) is 1.43. The predicted octanol–water partition coefficient (Wildman–Crippen LogP) is 3.08. The van der Waals surface area contributed by atoms with E-state index >= 15 is 0 Å². The summed E-state index contributed by atoms with van der Waals surface area (Å²) < 4.78 is 5.18. The van der Waals surface area contributed by atoms with Gasteiger partial charge in [0.25, 0.3) is 11.6 Å². The third kappa shape index (κ3) is 4.52. The van der Waals surface area contributed by atoms with Crippen molar-refractivity contribution in [1.29, 1.82) is 0 Å². The van der Waals surface area contributed by atoms with E-state index in [1.165, 1.54) is 43.8 Å². The third-order valence-electron chi connectivity index (χ3n) is 3.76. The number of hydrogen-bond donors (Lipinski definition) is 3. The van der Waals surface area contributed by atoms with Gasteiger partial charge in [-0.1, -0.05) is 11.8 Å². The van der Waals surface area contributed by atoms with Crippen molar-refractivity contribution >= 4 is 34.9 Å². The van der Waals surface area contributed by atoms with Gasteiger partial charge in [-0.3, -0.25) is 14.9 Å². The largest absolute Gasteiger partial charge is 0.508 e. The first-order valence-electron chi connectivity index (χ1n) is 8.10. The van der Waals surface area contributed by atoms with Gasteiger partial charge in [-0.05, 0) is 24.3 Å². The van der Waals surface area contributed by atoms with Crippen LogP contribution in [0.4, 0.5) is 17.2 Å². The molecule has 0 aliphatic carbocycles. The SMILES string of the molecule is COc1ccc(O)cc1NC(=O)c1c(N)ncnc1Sc1ccc([N+](=O)[O-])cc1. The highest BCUT2D eigenvalue weighted by Gasteiger charge is 2.20. The Morgan fingerprint density at radius 3 is 2.62 bits per heavy atom. The van der Waals surface area contributed by atoms with Crippen LogP contribution in [0.2, 0.25) is 0 Å². The molecule has 4 N–H and O–H groups in total. The molecule has 0 fully saturated rings. The van der Waals surface area contributed by atoms with E-state index in [2.05, 4.69) is 15.3 Å². The van der Waals surface area contributed by atoms with Crippen LogP contribution in [0.3, 0.4) is 0 Å². The quantitative estimate of drug-likeness (QED) is 0.314. The number of carbonyl (C=O) groups excluding carboxylic acids is 1. The minimum absolute atomic E-state index is 0.0289. The van der Waals surface area contributed by atoms with Crippen molar-refractivity contribution in [2.45, 2.75) is 9.92 Å². The van der Waals surface area contributed by atoms with Crippen molar-refractivity contribution in [3.8, 4) is 11.5 Å². The van der Waals surface area contributed by atoms with Gasteiger partial charge in [-0.15, -0.1) is 0 Å². The Morgan fingerprint density at radius 2 is 1.97 bits per heavy atom. The Labute approximate surface area is 168 Å². The Bertz CT molecular complexity index is 1070. The summed E-state index contributed by atoms with van der Waals surface area (Å²) in [4.78, 5) is 31.7. The molecule has 1 aromatic heterocycles. The number of aromatic hydroxyl groups is 1. The van der Waals surface area contributed by atoms with Crippen molar-refractivity contribution in [1.82, 2.24) is 9.97 Å². The molecule has 0 aliphatic rings. The van der Waals surface area contributed by atoms with E-state index in [9.17, 15) is 20.0 Å². The second-order valence-electron chi connectivity index (χ2n) is 5.63. The van der Waals surface area contributed by atoms with E-state index in [1.54, 1.807) is 12.1 Å². The lowest BCUT2D eigenvalue weighted by molar-refractivity contribution is -0.384. The van der Waals surface area contributed by atoms with Crippen molar-refractivity contribution in [3.05, 3.63) is 64.5 Å². The Hall–Kier alpha value is -3.86. The number of benzene rings is 2. The molecule has 0 radical (unpaired) electrons. The number of amides is 1. The molecular formula is C18H15N5O5S. The fourth-order valence-electron chi connectivity index (χ4n) is 2.40. The molecule has 11 heteroatoms. The lowest BCUT2D eigenvalue weighted by Crippen LogP contribution is -2.17. The number of anilines is 2. The number of hydrogen-bond acceptors (Lipinski definition) is 9. The molecule has 148 valence electrons. The van der Waals surface area contributed by atoms with Gasteiger partial charge in [0.15, 0.2) is 0 Å². The number of nitrogens with two attached hydrogens (primary N) is 1. The second-order valence-corrected chi connectivity index (χ2v) is 6.69. The van der Waals surface area contributed by atoms with Crippen LogP contribution in [0, 0.1) is 10.1 Å². The fourth-order valence-corrected chi connectivity index (χ4v) is 3.29. The minimum Gasteiger partial charge on any atom is -0.508 e. The van der Waals surface area contributed by atoms with Gasteiger partial charge in [0.2, 0.25) is 0 Å². The molecule has 3 rings (SSSR count). The second kappa shape index (κ2) is 8.44. The minimum atomic E-state index is -0.601. The molecule has 29 heavy (non-hydrogen) atoms. The number of rotatable bonds is 6. The van der Waals surface area contributed by atoms with Gasteiger partial charge in [0, 0.05) is 23.1 Å². The molecule has 10 nitrogen and oxygen atoms in total. The average molecular weight is 413 g/mol. The Balaban J connectivity index is 1.91. The van der Waals surface area contributed by atoms with Crippen LogP contribution in [0.15, 0.2) is 58.7 Å². The van der Waals surface area contributed by atoms with Gasteiger partial charge >= 0.3 is 0 Å². The van der Waals surface area contributed by atoms with E-state index in [-0.39, 0.29) is 33.5 Å². The number of non-ortho nitro benzene ring substituents is 1. The van der Waals surface area contributed by atoms with Crippen LogP contribution in [0.5, 0.6) is 11.5 Å². The molecule has 0 spiro atoms. The molecular weight excluding hydrogens is 398 g/mol. The van der Waals surface area contributed by atoms with Crippen LogP contribution in [0.25, 0.3) is 0 Å². The molecule has 1 heterocycles. The first kappa shape index (κ1) is 19.9. The van der Waals surface area contributed by atoms with Crippen molar-refractivity contribution in [2.24, 2.45) is 0 Å². The number of ether oxygens (including phenoxy) is 1. The first-order valence-corrected chi connectivity index (χ1v) is 8.92. The summed E-state index contributed by atoms with van der Waals surface area (Å²) in [6.45, 7) is 0. The fraction of sp³-hybridized carbons (Fsp3) is 0.0556. The lowest BCUT2D eigenvalue weighted by atomic mass is 10.2. The number of nitro groups is 1. The molecule has 0 aliphatic heterocycles. The number of methoxy groups -OCH3 is 1. The summed E-state index contributed by atoms with van der Waals surface area (Å²) in [5, 5.41) is 23.4. The maximum Gasteiger partial charge on any atom is 0.269 e. The molecule has 3 aromatic rings. The molecule has 0 unspecified atom stereocenters. The molecule has 0 bridgehead atoms. The monoisotopic (exact) mass is 413 g/mol. The van der Waals surface area contributed by atoms with Crippen LogP contribution < -0.4 is 15.8 Å². The number of phenolic OH excluding ortho intramolecular Hbond substituents is 1.